The molecule has 0 spiro atoms. The van der Waals surface area contributed by atoms with Crippen molar-refractivity contribution in [3.63, 3.8) is 0 Å². The maximum atomic E-state index is 13.1. The topological polar surface area (TPSA) is 73.7 Å². The van der Waals surface area contributed by atoms with Gasteiger partial charge in [0.05, 0.1) is 11.3 Å². The molecule has 2 aromatic carbocycles. The van der Waals surface area contributed by atoms with E-state index in [4.69, 9.17) is 9.47 Å². The molecule has 0 saturated carbocycles. The van der Waals surface area contributed by atoms with Gasteiger partial charge in [0, 0.05) is 25.4 Å². The van der Waals surface area contributed by atoms with Crippen molar-refractivity contribution in [1.82, 2.24) is 14.7 Å². The van der Waals surface area contributed by atoms with Gasteiger partial charge >= 0.3 is 6.18 Å². The summed E-state index contributed by atoms with van der Waals surface area (Å²) < 4.78 is 51.5. The van der Waals surface area contributed by atoms with Crippen molar-refractivity contribution in [2.75, 3.05) is 20.3 Å². The van der Waals surface area contributed by atoms with Gasteiger partial charge in [-0.3, -0.25) is 9.59 Å². The molecular weight excluding hydrogens is 439 g/mol. The van der Waals surface area contributed by atoms with Gasteiger partial charge in [-0.25, -0.2) is 4.68 Å². The molecular formula is C23H20F3N3O4. The summed E-state index contributed by atoms with van der Waals surface area (Å²) in [6.07, 6.45) is -4.54. The summed E-state index contributed by atoms with van der Waals surface area (Å²) >= 11 is 0. The summed E-state index contributed by atoms with van der Waals surface area (Å²) in [6.45, 7) is 2.57. The lowest BCUT2D eigenvalue weighted by molar-refractivity contribution is -0.137. The number of carbonyl (C=O) groups excluding carboxylic acids is 1. The summed E-state index contributed by atoms with van der Waals surface area (Å²) in [5, 5.41) is 4.10. The van der Waals surface area contributed by atoms with Crippen molar-refractivity contribution < 1.29 is 27.4 Å². The van der Waals surface area contributed by atoms with Gasteiger partial charge < -0.3 is 14.4 Å². The number of aryl methyl sites for hydroxylation is 1. The first-order valence-corrected chi connectivity index (χ1v) is 10.1. The minimum absolute atomic E-state index is 0.0888. The van der Waals surface area contributed by atoms with Crippen LogP contribution in [0.5, 0.6) is 11.5 Å². The van der Waals surface area contributed by atoms with E-state index in [-0.39, 0.29) is 12.2 Å². The molecule has 1 amide bonds. The number of ether oxygens (including phenoxy) is 2. The molecule has 0 unspecified atom stereocenters. The van der Waals surface area contributed by atoms with E-state index >= 15 is 0 Å². The first kappa shape index (κ1) is 22.4. The smallest absolute Gasteiger partial charge is 0.416 e. The van der Waals surface area contributed by atoms with E-state index in [1.807, 2.05) is 0 Å². The Balaban J connectivity index is 1.62. The normalized spacial score (nSPS) is 13.0. The van der Waals surface area contributed by atoms with Crippen LogP contribution >= 0.6 is 0 Å². The zero-order chi connectivity index (χ0) is 23.8. The fourth-order valence-electron chi connectivity index (χ4n) is 3.48. The lowest BCUT2D eigenvalue weighted by Crippen LogP contribution is -2.33. The molecule has 2 heterocycles. The minimum atomic E-state index is -4.54. The Hall–Kier alpha value is -3.82. The second kappa shape index (κ2) is 8.61. The highest BCUT2D eigenvalue weighted by Gasteiger charge is 2.31. The first-order chi connectivity index (χ1) is 15.6. The predicted molar refractivity (Wildman–Crippen MR) is 113 cm³/mol. The molecule has 0 fully saturated rings. The molecule has 0 N–H and O–H groups in total. The number of fused-ring (bicyclic) bond motifs is 1. The van der Waals surface area contributed by atoms with Gasteiger partial charge in [-0.05, 0) is 42.8 Å². The zero-order valence-corrected chi connectivity index (χ0v) is 17.8. The van der Waals surface area contributed by atoms with Gasteiger partial charge in [0.2, 0.25) is 5.43 Å². The average Bonchev–Trinajstić information content (AvgIpc) is 2.78. The van der Waals surface area contributed by atoms with Crippen LogP contribution in [0.3, 0.4) is 0 Å². The number of nitrogens with zero attached hydrogens (tertiary/aromatic N) is 3. The predicted octanol–water partition coefficient (Wildman–Crippen LogP) is 3.60. The van der Waals surface area contributed by atoms with Crippen LogP contribution in [-0.4, -0.2) is 40.8 Å². The Bertz CT molecular complexity index is 1270. The van der Waals surface area contributed by atoms with Crippen molar-refractivity contribution in [1.29, 1.82) is 0 Å². The van der Waals surface area contributed by atoms with Crippen LogP contribution in [0, 0.1) is 6.92 Å². The zero-order valence-electron chi connectivity index (χ0n) is 17.8. The average molecular weight is 459 g/mol. The van der Waals surface area contributed by atoms with Gasteiger partial charge in [0.25, 0.3) is 5.91 Å². The van der Waals surface area contributed by atoms with Crippen molar-refractivity contribution in [2.24, 2.45) is 0 Å². The Morgan fingerprint density at radius 1 is 1.09 bits per heavy atom. The molecule has 1 aromatic heterocycles. The standard InChI is InChI=1S/C23H20F3N3O4/c1-14-10-18(30)21(27-29(14)17-5-3-4-16(12-17)23(24,25)26)22(31)28(2)13-15-6-7-19-20(11-15)33-9-8-32-19/h3-7,10-12H,8-9,13H2,1-2H3. The fourth-order valence-corrected chi connectivity index (χ4v) is 3.48. The monoisotopic (exact) mass is 459 g/mol. The molecule has 3 aromatic rings. The summed E-state index contributed by atoms with van der Waals surface area (Å²) in [7, 11) is 1.51. The molecule has 7 nitrogen and oxygen atoms in total. The Labute approximate surface area is 187 Å². The number of carbonyl (C=O) groups is 1. The van der Waals surface area contributed by atoms with E-state index in [0.29, 0.717) is 30.4 Å². The van der Waals surface area contributed by atoms with E-state index in [1.54, 1.807) is 18.2 Å². The molecule has 1 aliphatic heterocycles. The number of alkyl halides is 3. The van der Waals surface area contributed by atoms with Crippen LogP contribution in [0.25, 0.3) is 5.69 Å². The third kappa shape index (κ3) is 4.69. The quantitative estimate of drug-likeness (QED) is 0.596. The van der Waals surface area contributed by atoms with Gasteiger partial charge in [0.15, 0.2) is 17.2 Å². The van der Waals surface area contributed by atoms with Gasteiger partial charge in [-0.1, -0.05) is 12.1 Å². The second-order valence-electron chi connectivity index (χ2n) is 7.60. The van der Waals surface area contributed by atoms with Crippen molar-refractivity contribution >= 4 is 5.91 Å². The van der Waals surface area contributed by atoms with Gasteiger partial charge in [0.1, 0.15) is 13.2 Å². The summed E-state index contributed by atoms with van der Waals surface area (Å²) in [6, 6.07) is 11.0. The highest BCUT2D eigenvalue weighted by molar-refractivity contribution is 5.91. The van der Waals surface area contributed by atoms with Crippen LogP contribution < -0.4 is 14.9 Å². The van der Waals surface area contributed by atoms with E-state index in [2.05, 4.69) is 5.10 Å². The third-order valence-corrected chi connectivity index (χ3v) is 5.10. The van der Waals surface area contributed by atoms with E-state index in [0.717, 1.165) is 22.4 Å². The Morgan fingerprint density at radius 3 is 2.55 bits per heavy atom. The fraction of sp³-hybridized carbons (Fsp3) is 0.261. The van der Waals surface area contributed by atoms with Crippen LogP contribution in [0.2, 0.25) is 0 Å². The number of benzene rings is 2. The minimum Gasteiger partial charge on any atom is -0.486 e. The maximum Gasteiger partial charge on any atom is 0.416 e. The first-order valence-electron chi connectivity index (χ1n) is 10.1. The highest BCUT2D eigenvalue weighted by Crippen LogP contribution is 2.31. The van der Waals surface area contributed by atoms with E-state index in [1.165, 1.54) is 37.1 Å². The molecule has 1 aliphatic rings. The maximum absolute atomic E-state index is 13.1. The SMILES string of the molecule is Cc1cc(=O)c(C(=O)N(C)Cc2ccc3c(c2)OCCO3)nn1-c1cccc(C(F)(F)F)c1. The molecule has 0 atom stereocenters. The summed E-state index contributed by atoms with van der Waals surface area (Å²) in [5.74, 6) is 0.527. The van der Waals surface area contributed by atoms with Crippen molar-refractivity contribution in [3.05, 3.63) is 81.3 Å². The van der Waals surface area contributed by atoms with Crippen LogP contribution in [0.15, 0.2) is 53.3 Å². The molecule has 4 rings (SSSR count). The van der Waals surface area contributed by atoms with Gasteiger partial charge in [-0.2, -0.15) is 18.3 Å². The highest BCUT2D eigenvalue weighted by atomic mass is 19.4. The Kier molecular flexibility index (Phi) is 5.84. The molecule has 0 bridgehead atoms. The lowest BCUT2D eigenvalue weighted by atomic mass is 10.1. The third-order valence-electron chi connectivity index (χ3n) is 5.10. The van der Waals surface area contributed by atoms with E-state index < -0.39 is 28.8 Å². The number of rotatable bonds is 4. The molecule has 0 radical (unpaired) electrons. The second-order valence-corrected chi connectivity index (χ2v) is 7.60. The number of hydrogen-bond acceptors (Lipinski definition) is 5. The summed E-state index contributed by atoms with van der Waals surface area (Å²) in [5.41, 5.74) is -0.729. The van der Waals surface area contributed by atoms with Crippen LogP contribution in [-0.2, 0) is 12.7 Å². The summed E-state index contributed by atoms with van der Waals surface area (Å²) in [4.78, 5) is 26.8. The van der Waals surface area contributed by atoms with Crippen LogP contribution in [0.1, 0.15) is 27.3 Å². The van der Waals surface area contributed by atoms with Crippen LogP contribution in [0.4, 0.5) is 13.2 Å². The number of amides is 1. The largest absolute Gasteiger partial charge is 0.486 e. The number of aromatic nitrogens is 2. The Morgan fingerprint density at radius 2 is 1.82 bits per heavy atom. The number of hydrogen-bond donors (Lipinski definition) is 0. The lowest BCUT2D eigenvalue weighted by Gasteiger charge is -2.21. The molecule has 0 aliphatic carbocycles. The van der Waals surface area contributed by atoms with Crippen molar-refractivity contribution in [2.45, 2.75) is 19.6 Å². The number of halogens is 3. The van der Waals surface area contributed by atoms with Crippen molar-refractivity contribution in [3.8, 4) is 17.2 Å². The molecule has 10 heteroatoms. The molecule has 0 saturated heterocycles. The molecule has 33 heavy (non-hydrogen) atoms. The molecule has 172 valence electrons. The van der Waals surface area contributed by atoms with Gasteiger partial charge in [-0.15, -0.1) is 0 Å². The van der Waals surface area contributed by atoms with E-state index in [9.17, 15) is 22.8 Å².